The highest BCUT2D eigenvalue weighted by Crippen LogP contribution is 2.42. The van der Waals surface area contributed by atoms with Gasteiger partial charge in [0.2, 0.25) is 0 Å². The van der Waals surface area contributed by atoms with Gasteiger partial charge in [0.15, 0.2) is 11.5 Å². The molecule has 2 aliphatic rings. The number of carbonyl (C=O) groups is 1. The van der Waals surface area contributed by atoms with Crippen LogP contribution in [0.15, 0.2) is 30.3 Å². The third kappa shape index (κ3) is 4.11. The van der Waals surface area contributed by atoms with Gasteiger partial charge in [-0.25, -0.2) is 14.8 Å². The van der Waals surface area contributed by atoms with Gasteiger partial charge in [-0.05, 0) is 37.1 Å². The molecule has 2 fully saturated rings. The molecule has 33 heavy (non-hydrogen) atoms. The minimum absolute atomic E-state index is 0.187. The summed E-state index contributed by atoms with van der Waals surface area (Å²) in [4.78, 5) is 25.5. The van der Waals surface area contributed by atoms with Crippen LogP contribution in [0.2, 0.25) is 5.02 Å². The Balaban J connectivity index is 1.45. The molecule has 0 spiro atoms. The Morgan fingerprint density at radius 2 is 1.67 bits per heavy atom. The van der Waals surface area contributed by atoms with E-state index in [1.54, 1.807) is 26.4 Å². The number of hydrogen-bond acceptors (Lipinski definition) is 7. The van der Waals surface area contributed by atoms with Gasteiger partial charge in [0.1, 0.15) is 11.6 Å². The fraction of sp³-hybridized carbons (Fsp3) is 0.375. The Morgan fingerprint density at radius 3 is 2.27 bits per heavy atom. The molecule has 172 valence electrons. The van der Waals surface area contributed by atoms with Gasteiger partial charge in [0.25, 0.3) is 0 Å². The van der Waals surface area contributed by atoms with Gasteiger partial charge in [0, 0.05) is 43.5 Å². The molecule has 2 aromatic carbocycles. The zero-order valence-electron chi connectivity index (χ0n) is 18.5. The van der Waals surface area contributed by atoms with E-state index in [0.717, 1.165) is 67.3 Å². The summed E-state index contributed by atoms with van der Waals surface area (Å²) in [6.07, 6.45) is 2.24. The maximum atomic E-state index is 11.2. The molecule has 3 aromatic rings. The molecule has 1 saturated heterocycles. The molecule has 1 N–H and O–H groups in total. The summed E-state index contributed by atoms with van der Waals surface area (Å²) < 4.78 is 11.0. The molecule has 0 unspecified atom stereocenters. The molecule has 0 atom stereocenters. The van der Waals surface area contributed by atoms with E-state index in [9.17, 15) is 9.90 Å². The van der Waals surface area contributed by atoms with Crippen LogP contribution >= 0.6 is 11.6 Å². The van der Waals surface area contributed by atoms with Gasteiger partial charge in [0.05, 0.1) is 36.0 Å². The van der Waals surface area contributed by atoms with Gasteiger partial charge in [-0.2, -0.15) is 0 Å². The molecule has 1 saturated carbocycles. The second kappa shape index (κ2) is 8.59. The van der Waals surface area contributed by atoms with Crippen LogP contribution in [0.25, 0.3) is 10.9 Å². The molecule has 2 heterocycles. The first-order chi connectivity index (χ1) is 16.0. The average molecular weight is 469 g/mol. The Kier molecular flexibility index (Phi) is 5.62. The lowest BCUT2D eigenvalue weighted by molar-refractivity contribution is 0.0697. The van der Waals surface area contributed by atoms with Crippen molar-refractivity contribution in [2.45, 2.75) is 18.8 Å². The normalized spacial score (nSPS) is 16.2. The van der Waals surface area contributed by atoms with Gasteiger partial charge in [-0.1, -0.05) is 11.6 Å². The van der Waals surface area contributed by atoms with Crippen molar-refractivity contribution in [1.82, 2.24) is 9.97 Å². The fourth-order valence-electron chi connectivity index (χ4n) is 4.28. The zero-order chi connectivity index (χ0) is 23.1. The number of methoxy groups -OCH3 is 2. The minimum Gasteiger partial charge on any atom is -0.493 e. The Morgan fingerprint density at radius 1 is 1.00 bits per heavy atom. The number of aromatic carboxylic acids is 1. The number of anilines is 2. The Bertz CT molecular complexity index is 1220. The number of halogens is 1. The van der Waals surface area contributed by atoms with Gasteiger partial charge in [-0.15, -0.1) is 0 Å². The highest BCUT2D eigenvalue weighted by Gasteiger charge is 2.30. The number of nitrogens with zero attached hydrogens (tertiary/aromatic N) is 4. The van der Waals surface area contributed by atoms with Crippen LogP contribution < -0.4 is 19.3 Å². The van der Waals surface area contributed by atoms with Crippen LogP contribution in [-0.2, 0) is 0 Å². The zero-order valence-corrected chi connectivity index (χ0v) is 19.3. The lowest BCUT2D eigenvalue weighted by atomic mass is 10.1. The first kappa shape index (κ1) is 21.6. The summed E-state index contributed by atoms with van der Waals surface area (Å²) in [5, 5.41) is 10.6. The third-order valence-corrected chi connectivity index (χ3v) is 6.56. The number of fused-ring (bicyclic) bond motifs is 1. The monoisotopic (exact) mass is 468 g/mol. The van der Waals surface area contributed by atoms with Crippen LogP contribution in [0.4, 0.5) is 11.5 Å². The second-order valence-corrected chi connectivity index (χ2v) is 8.76. The highest BCUT2D eigenvalue weighted by molar-refractivity contribution is 6.33. The molecule has 0 amide bonds. The van der Waals surface area contributed by atoms with Crippen molar-refractivity contribution in [2.24, 2.45) is 0 Å². The predicted octanol–water partition coefficient (Wildman–Crippen LogP) is 4.20. The third-order valence-electron chi connectivity index (χ3n) is 6.26. The minimum atomic E-state index is -0.984. The van der Waals surface area contributed by atoms with Crippen LogP contribution in [0.1, 0.15) is 34.9 Å². The van der Waals surface area contributed by atoms with Crippen LogP contribution in [0.5, 0.6) is 11.5 Å². The van der Waals surface area contributed by atoms with Crippen LogP contribution in [0, 0.1) is 0 Å². The number of hydrogen-bond donors (Lipinski definition) is 1. The van der Waals surface area contributed by atoms with E-state index in [4.69, 9.17) is 31.0 Å². The molecule has 1 aromatic heterocycles. The van der Waals surface area contributed by atoms with E-state index >= 15 is 0 Å². The molecule has 9 heteroatoms. The summed E-state index contributed by atoms with van der Waals surface area (Å²) in [7, 11) is 3.25. The molecule has 1 aliphatic carbocycles. The summed E-state index contributed by atoms with van der Waals surface area (Å²) in [5.74, 6) is 2.55. The lowest BCUT2D eigenvalue weighted by Gasteiger charge is -2.37. The maximum Gasteiger partial charge on any atom is 0.335 e. The van der Waals surface area contributed by atoms with Crippen molar-refractivity contribution in [3.63, 3.8) is 0 Å². The van der Waals surface area contributed by atoms with E-state index in [0.29, 0.717) is 22.4 Å². The summed E-state index contributed by atoms with van der Waals surface area (Å²) in [5.41, 5.74) is 1.89. The topological polar surface area (TPSA) is 88.0 Å². The molecule has 5 rings (SSSR count). The molecular formula is C24H25ClN4O4. The highest BCUT2D eigenvalue weighted by atomic mass is 35.5. The van der Waals surface area contributed by atoms with Gasteiger partial charge < -0.3 is 24.4 Å². The molecule has 1 aliphatic heterocycles. The molecule has 8 nitrogen and oxygen atoms in total. The number of carboxylic acid groups (broad SMARTS) is 1. The summed E-state index contributed by atoms with van der Waals surface area (Å²) in [6, 6.07) is 8.75. The summed E-state index contributed by atoms with van der Waals surface area (Å²) in [6.45, 7) is 2.98. The predicted molar refractivity (Wildman–Crippen MR) is 127 cm³/mol. The van der Waals surface area contributed by atoms with Crippen molar-refractivity contribution in [3.8, 4) is 11.5 Å². The maximum absolute atomic E-state index is 11.2. The molecule has 0 bridgehead atoms. The number of piperazine rings is 1. The van der Waals surface area contributed by atoms with Crippen molar-refractivity contribution in [1.29, 1.82) is 0 Å². The van der Waals surface area contributed by atoms with E-state index < -0.39 is 5.97 Å². The number of benzene rings is 2. The van der Waals surface area contributed by atoms with E-state index in [1.165, 1.54) is 6.07 Å². The smallest absolute Gasteiger partial charge is 0.335 e. The van der Waals surface area contributed by atoms with Crippen molar-refractivity contribution >= 4 is 40.0 Å². The quantitative estimate of drug-likeness (QED) is 0.575. The number of ether oxygens (including phenoxy) is 2. The SMILES string of the molecule is COc1cc2nc(C3CC3)nc(N3CCN(c4ccc(C(=O)O)cc4Cl)CC3)c2cc1OC. The lowest BCUT2D eigenvalue weighted by Crippen LogP contribution is -2.47. The van der Waals surface area contributed by atoms with E-state index in [-0.39, 0.29) is 5.56 Å². The average Bonchev–Trinajstić information content (AvgIpc) is 3.68. The Hall–Kier alpha value is -3.26. The van der Waals surface area contributed by atoms with Crippen molar-refractivity contribution in [2.75, 3.05) is 50.2 Å². The van der Waals surface area contributed by atoms with Crippen molar-refractivity contribution < 1.29 is 19.4 Å². The molecule has 0 radical (unpaired) electrons. The molecular weight excluding hydrogens is 444 g/mol. The number of rotatable bonds is 6. The number of carboxylic acids is 1. The van der Waals surface area contributed by atoms with E-state index in [1.807, 2.05) is 12.1 Å². The van der Waals surface area contributed by atoms with Gasteiger partial charge >= 0.3 is 5.97 Å². The van der Waals surface area contributed by atoms with Crippen molar-refractivity contribution in [3.05, 3.63) is 46.7 Å². The second-order valence-electron chi connectivity index (χ2n) is 8.35. The first-order valence-electron chi connectivity index (χ1n) is 10.9. The largest absolute Gasteiger partial charge is 0.493 e. The number of aromatic nitrogens is 2. The first-order valence-corrected chi connectivity index (χ1v) is 11.3. The van der Waals surface area contributed by atoms with Gasteiger partial charge in [-0.3, -0.25) is 0 Å². The standard InChI is InChI=1S/C24H25ClN4O4/c1-32-20-12-16-18(13-21(20)33-2)26-22(14-3-4-14)27-23(16)29-9-7-28(8-10-29)19-6-5-15(24(30)31)11-17(19)25/h5-6,11-14H,3-4,7-10H2,1-2H3,(H,30,31). The van der Waals surface area contributed by atoms with Crippen LogP contribution in [0.3, 0.4) is 0 Å². The van der Waals surface area contributed by atoms with Crippen LogP contribution in [-0.4, -0.2) is 61.4 Å². The fourth-order valence-corrected chi connectivity index (χ4v) is 4.58. The van der Waals surface area contributed by atoms with E-state index in [2.05, 4.69) is 9.80 Å². The Labute approximate surface area is 196 Å². The summed E-state index contributed by atoms with van der Waals surface area (Å²) >= 11 is 6.40.